The molecule has 8 heterocycles. The second-order valence-corrected chi connectivity index (χ2v) is 14.8. The van der Waals surface area contributed by atoms with Gasteiger partial charge < -0.3 is 61.4 Å². The van der Waals surface area contributed by atoms with Crippen molar-refractivity contribution >= 4 is 51.0 Å². The predicted octanol–water partition coefficient (Wildman–Crippen LogP) is 1.88. The first-order valence-electron chi connectivity index (χ1n) is 19.7. The number of nitro groups is 4. The highest BCUT2D eigenvalue weighted by atomic mass is 79.9. The minimum Gasteiger partial charge on any atom is -0.464 e. The van der Waals surface area contributed by atoms with Gasteiger partial charge in [0, 0.05) is 31.5 Å². The fourth-order valence-corrected chi connectivity index (χ4v) is 5.91. The first-order chi connectivity index (χ1) is 30.8. The minimum atomic E-state index is -0.674. The molecule has 0 aromatic carbocycles. The first kappa shape index (κ1) is 52.6. The van der Waals surface area contributed by atoms with Crippen molar-refractivity contribution in [2.45, 2.75) is 44.3 Å². The van der Waals surface area contributed by atoms with Gasteiger partial charge >= 0.3 is 29.2 Å². The van der Waals surface area contributed by atoms with Gasteiger partial charge in [-0.2, -0.15) is 23.8 Å². The first-order valence-corrected chi connectivity index (χ1v) is 20.8. The van der Waals surface area contributed by atoms with Crippen LogP contribution in [0.1, 0.15) is 52.5 Å². The summed E-state index contributed by atoms with van der Waals surface area (Å²) in [6.07, 6.45) is 3.94. The van der Waals surface area contributed by atoms with Crippen LogP contribution in [0.4, 0.5) is 29.1 Å². The topological polar surface area (TPSA) is 353 Å². The Morgan fingerprint density at radius 1 is 0.646 bits per heavy atom. The average Bonchev–Trinajstić information content (AvgIpc) is 4.02. The van der Waals surface area contributed by atoms with E-state index in [0.29, 0.717) is 16.8 Å². The number of anilines is 1. The number of nitrogens with zero attached hydrogens (tertiary/aromatic N) is 16. The van der Waals surface area contributed by atoms with Gasteiger partial charge in [-0.15, -0.1) is 0 Å². The number of methoxy groups -OCH3 is 1. The molecular formula is C35H53BrN18O11. The van der Waals surface area contributed by atoms with Crippen molar-refractivity contribution < 1.29 is 34.3 Å². The van der Waals surface area contributed by atoms with E-state index in [1.54, 1.807) is 31.9 Å². The largest absolute Gasteiger partial charge is 0.464 e. The molecule has 0 unspecified atom stereocenters. The van der Waals surface area contributed by atoms with Gasteiger partial charge in [0.05, 0.1) is 109 Å². The highest BCUT2D eigenvalue weighted by Gasteiger charge is 2.22. The summed E-state index contributed by atoms with van der Waals surface area (Å²) in [5.74, 6) is -0.819. The Morgan fingerprint density at radius 3 is 1.28 bits per heavy atom. The van der Waals surface area contributed by atoms with Gasteiger partial charge in [-0.05, 0) is 78.2 Å². The molecule has 65 heavy (non-hydrogen) atoms. The fraction of sp³-hybridized carbons (Fsp3) is 0.543. The molecule has 0 bridgehead atoms. The standard InChI is InChI=1S/C8H12N4O2.C8H14N4.C6H7N3O4.C5H6BrN3O2.C5H7N3O3.C3H7N/c1-10-7(6-11-3-2-4-11)5-8(9-10)12(13)14;1-11-7(5-8(9)10-11)6-12-3-2-4-12;1-8-4(6(10)13-2)3-5(7-8)9(11)12;1-8-4(3-6)2-5(7-8)9(10)11;1-7-4(3-9)2-5(6-7)8(10)11;1-2-4-3-1/h5H,2-4,6H2,1H3;5H,2-4,6H2,1H3,(H2,9,10);3H,1-2H3;2H,3H2,1H3;2,9H,3H2,1H3;4H,1-3H2. The molecule has 30 heteroatoms. The van der Waals surface area contributed by atoms with E-state index in [2.05, 4.69) is 61.3 Å². The molecule has 3 aliphatic rings. The van der Waals surface area contributed by atoms with Gasteiger partial charge in [0.25, 0.3) is 0 Å². The van der Waals surface area contributed by atoms with E-state index in [4.69, 9.17) is 10.8 Å². The molecular weight excluding hydrogens is 928 g/mol. The van der Waals surface area contributed by atoms with E-state index in [1.807, 2.05) is 17.8 Å². The van der Waals surface area contributed by atoms with E-state index < -0.39 is 25.7 Å². The number of nitrogens with two attached hydrogens (primary N) is 1. The Morgan fingerprint density at radius 2 is 1.00 bits per heavy atom. The molecule has 3 fully saturated rings. The maximum atomic E-state index is 11.0. The normalized spacial score (nSPS) is 13.7. The summed E-state index contributed by atoms with van der Waals surface area (Å²) in [7, 11) is 9.51. The second-order valence-electron chi connectivity index (χ2n) is 14.2. The lowest BCUT2D eigenvalue weighted by molar-refractivity contribution is -0.389. The van der Waals surface area contributed by atoms with Crippen LogP contribution >= 0.6 is 15.9 Å². The van der Waals surface area contributed by atoms with Gasteiger partial charge in [-0.1, -0.05) is 15.9 Å². The van der Waals surface area contributed by atoms with Crippen molar-refractivity contribution in [3.63, 3.8) is 0 Å². The van der Waals surface area contributed by atoms with E-state index in [-0.39, 0.29) is 35.6 Å². The molecule has 0 saturated carbocycles. The Balaban J connectivity index is 0.000000211. The van der Waals surface area contributed by atoms with Crippen LogP contribution in [0.25, 0.3) is 0 Å². The molecule has 4 N–H and O–H groups in total. The second kappa shape index (κ2) is 25.5. The molecule has 0 aliphatic carbocycles. The number of hydrogen-bond acceptors (Lipinski definition) is 20. The SMILES string of the molecule is C1CNC1.COC(=O)c1cc([N+](=O)[O-])nn1C.Cn1nc(N)cc1CN1CCC1.Cn1nc([N+](=O)[O-])cc1CBr.Cn1nc([N+](=O)[O-])cc1CN1CCC1.Cn1nc([N+](=O)[O-])cc1CO. The predicted molar refractivity (Wildman–Crippen MR) is 234 cm³/mol. The maximum absolute atomic E-state index is 11.0. The third-order valence-corrected chi connectivity index (χ3v) is 10.1. The molecule has 3 saturated heterocycles. The van der Waals surface area contributed by atoms with Crippen LogP contribution in [0.2, 0.25) is 0 Å². The smallest absolute Gasteiger partial charge is 0.390 e. The van der Waals surface area contributed by atoms with Gasteiger partial charge in [0.15, 0.2) is 5.69 Å². The molecule has 8 rings (SSSR count). The minimum absolute atomic E-state index is 0.0502. The molecule has 0 atom stereocenters. The van der Waals surface area contributed by atoms with Crippen LogP contribution in [-0.4, -0.2) is 136 Å². The number of alkyl halides is 1. The zero-order valence-electron chi connectivity index (χ0n) is 36.7. The van der Waals surface area contributed by atoms with Gasteiger partial charge in [-0.3, -0.25) is 14.5 Å². The van der Waals surface area contributed by atoms with Crippen molar-refractivity contribution in [3.8, 4) is 0 Å². The fourth-order valence-electron chi connectivity index (χ4n) is 5.39. The number of nitrogens with one attached hydrogen (secondary N) is 1. The number of aliphatic hydroxyl groups excluding tert-OH is 1. The number of aliphatic hydroxyl groups is 1. The summed E-state index contributed by atoms with van der Waals surface area (Å²) in [4.78, 5) is 54.4. The molecule has 0 radical (unpaired) electrons. The number of ether oxygens (including phenoxy) is 1. The number of aromatic nitrogens is 10. The Labute approximate surface area is 379 Å². The van der Waals surface area contributed by atoms with Crippen LogP contribution < -0.4 is 11.1 Å². The van der Waals surface area contributed by atoms with Crippen molar-refractivity contribution in [1.82, 2.24) is 64.0 Å². The van der Waals surface area contributed by atoms with Crippen LogP contribution in [0, 0.1) is 40.5 Å². The van der Waals surface area contributed by atoms with Crippen molar-refractivity contribution in [2.75, 3.05) is 52.1 Å². The van der Waals surface area contributed by atoms with Crippen molar-refractivity contribution in [1.29, 1.82) is 0 Å². The number of esters is 1. The third kappa shape index (κ3) is 16.4. The van der Waals surface area contributed by atoms with Gasteiger partial charge in [0.1, 0.15) is 5.82 Å². The van der Waals surface area contributed by atoms with Crippen LogP contribution in [-0.2, 0) is 65.0 Å². The number of likely N-dealkylation sites (tertiary alicyclic amines) is 2. The number of carbonyl (C=O) groups excluding carboxylic acids is 1. The summed E-state index contributed by atoms with van der Waals surface area (Å²) in [5, 5.41) is 72.0. The maximum Gasteiger partial charge on any atom is 0.390 e. The third-order valence-electron chi connectivity index (χ3n) is 9.57. The molecule has 0 spiro atoms. The summed E-state index contributed by atoms with van der Waals surface area (Å²) in [6, 6.07) is 7.22. The summed E-state index contributed by atoms with van der Waals surface area (Å²) < 4.78 is 11.7. The van der Waals surface area contributed by atoms with Crippen molar-refractivity contribution in [2.24, 2.45) is 35.2 Å². The van der Waals surface area contributed by atoms with Crippen LogP contribution in [0.5, 0.6) is 0 Å². The van der Waals surface area contributed by atoms with Crippen molar-refractivity contribution in [3.05, 3.63) is 99.3 Å². The molecule has 5 aromatic heterocycles. The lowest BCUT2D eigenvalue weighted by Gasteiger charge is -2.30. The van der Waals surface area contributed by atoms with Crippen LogP contribution in [0.15, 0.2) is 30.3 Å². The average molecular weight is 982 g/mol. The molecule has 3 aliphatic heterocycles. The zero-order valence-corrected chi connectivity index (χ0v) is 38.3. The summed E-state index contributed by atoms with van der Waals surface area (Å²) >= 11 is 3.19. The Bertz CT molecular complexity index is 2300. The number of carbonyl (C=O) groups is 1. The van der Waals surface area contributed by atoms with E-state index in [1.165, 1.54) is 86.8 Å². The lowest BCUT2D eigenvalue weighted by Crippen LogP contribution is -2.36. The lowest BCUT2D eigenvalue weighted by atomic mass is 10.2. The number of hydrogen-bond donors (Lipinski definition) is 3. The summed E-state index contributed by atoms with van der Waals surface area (Å²) in [6.45, 7) is 8.60. The quantitative estimate of drug-likeness (QED) is 0.0736. The number of rotatable bonds is 11. The number of halogens is 1. The molecule has 0 amide bonds. The summed E-state index contributed by atoms with van der Waals surface area (Å²) in [5.41, 5.74) is 8.93. The highest BCUT2D eigenvalue weighted by Crippen LogP contribution is 2.17. The number of nitrogen functional groups attached to an aromatic ring is 1. The highest BCUT2D eigenvalue weighted by molar-refractivity contribution is 9.08. The van der Waals surface area contributed by atoms with Gasteiger partial charge in [0.2, 0.25) is 0 Å². The van der Waals surface area contributed by atoms with E-state index in [0.717, 1.165) is 48.3 Å². The molecule has 29 nitrogen and oxygen atoms in total. The molecule has 5 aromatic rings. The van der Waals surface area contributed by atoms with E-state index >= 15 is 0 Å². The molecule has 356 valence electrons. The zero-order chi connectivity index (χ0) is 48.4. The Kier molecular flexibility index (Phi) is 20.6. The Hall–Kier alpha value is -6.76. The van der Waals surface area contributed by atoms with E-state index in [9.17, 15) is 45.3 Å². The number of aryl methyl sites for hydroxylation is 5. The monoisotopic (exact) mass is 980 g/mol. The van der Waals surface area contributed by atoms with Crippen LogP contribution in [0.3, 0.4) is 0 Å². The van der Waals surface area contributed by atoms with Gasteiger partial charge in [-0.25, -0.2) is 4.79 Å².